The van der Waals surface area contributed by atoms with Gasteiger partial charge in [0, 0.05) is 11.3 Å². The Labute approximate surface area is 113 Å². The maximum atomic E-state index is 12.5. The Hall–Kier alpha value is -2.31. The molecule has 0 aliphatic carbocycles. The largest absolute Gasteiger partial charge is 0.416 e. The molecule has 0 saturated carbocycles. The Bertz CT molecular complexity index is 594. The fourth-order valence-corrected chi connectivity index (χ4v) is 1.76. The van der Waals surface area contributed by atoms with Gasteiger partial charge in [0.05, 0.1) is 5.56 Å². The molecule has 4 nitrogen and oxygen atoms in total. The van der Waals surface area contributed by atoms with Crippen LogP contribution in [0.5, 0.6) is 0 Å². The van der Waals surface area contributed by atoms with Gasteiger partial charge in [-0.1, -0.05) is 6.92 Å². The molecule has 2 rings (SSSR count). The van der Waals surface area contributed by atoms with Crippen LogP contribution >= 0.6 is 0 Å². The van der Waals surface area contributed by atoms with Gasteiger partial charge >= 0.3 is 6.18 Å². The highest BCUT2D eigenvalue weighted by Gasteiger charge is 2.29. The van der Waals surface area contributed by atoms with E-state index in [-0.39, 0.29) is 0 Å². The number of nitrogens with one attached hydrogen (secondary N) is 1. The number of nitrogens with two attached hydrogens (primary N) is 1. The smallest absolute Gasteiger partial charge is 0.383 e. The lowest BCUT2D eigenvalue weighted by atomic mass is 10.2. The molecule has 106 valence electrons. The first-order valence-corrected chi connectivity index (χ1v) is 5.95. The summed E-state index contributed by atoms with van der Waals surface area (Å²) in [5.74, 6) is 0.858. The van der Waals surface area contributed by atoms with Crippen LogP contribution in [0.4, 0.5) is 30.5 Å². The highest BCUT2D eigenvalue weighted by molar-refractivity contribution is 5.63. The van der Waals surface area contributed by atoms with E-state index in [2.05, 4.69) is 15.3 Å². The number of hydrogen-bond acceptors (Lipinski definition) is 4. The van der Waals surface area contributed by atoms with Crippen molar-refractivity contribution in [1.82, 2.24) is 9.97 Å². The molecule has 0 aliphatic heterocycles. The fraction of sp³-hybridized carbons (Fsp3) is 0.231. The molecule has 7 heteroatoms. The third-order valence-corrected chi connectivity index (χ3v) is 2.81. The first-order chi connectivity index (χ1) is 9.41. The zero-order valence-electron chi connectivity index (χ0n) is 10.7. The predicted octanol–water partition coefficient (Wildman–Crippen LogP) is 3.38. The number of benzene rings is 1. The van der Waals surface area contributed by atoms with Crippen molar-refractivity contribution in [3.05, 3.63) is 41.7 Å². The second kappa shape index (κ2) is 5.36. The second-order valence-corrected chi connectivity index (χ2v) is 4.14. The van der Waals surface area contributed by atoms with Crippen LogP contribution in [-0.2, 0) is 12.6 Å². The minimum absolute atomic E-state index is 0.358. The minimum atomic E-state index is -4.34. The molecule has 1 heterocycles. The van der Waals surface area contributed by atoms with Crippen molar-refractivity contribution in [3.63, 3.8) is 0 Å². The average molecular weight is 282 g/mol. The van der Waals surface area contributed by atoms with Gasteiger partial charge in [-0.05, 0) is 30.7 Å². The van der Waals surface area contributed by atoms with E-state index in [1.807, 2.05) is 6.92 Å². The summed E-state index contributed by atoms with van der Waals surface area (Å²) in [6.07, 6.45) is -2.41. The van der Waals surface area contributed by atoms with Crippen LogP contribution in [0.15, 0.2) is 30.6 Å². The molecule has 2 aromatic rings. The summed E-state index contributed by atoms with van der Waals surface area (Å²) in [5.41, 5.74) is 6.27. The Balaban J connectivity index is 2.25. The molecule has 0 amide bonds. The molecule has 3 N–H and O–H groups in total. The van der Waals surface area contributed by atoms with E-state index < -0.39 is 11.7 Å². The van der Waals surface area contributed by atoms with Crippen molar-refractivity contribution in [2.24, 2.45) is 0 Å². The van der Waals surface area contributed by atoms with Crippen molar-refractivity contribution in [3.8, 4) is 0 Å². The third-order valence-electron chi connectivity index (χ3n) is 2.81. The Morgan fingerprint density at radius 2 is 1.80 bits per heavy atom. The van der Waals surface area contributed by atoms with Gasteiger partial charge in [-0.25, -0.2) is 9.97 Å². The summed E-state index contributed by atoms with van der Waals surface area (Å²) in [6, 6.07) is 4.72. The average Bonchev–Trinajstić information content (AvgIpc) is 2.38. The number of hydrogen-bond donors (Lipinski definition) is 2. The maximum Gasteiger partial charge on any atom is 0.416 e. The zero-order chi connectivity index (χ0) is 14.8. The first kappa shape index (κ1) is 14.1. The Morgan fingerprint density at radius 1 is 1.15 bits per heavy atom. The molecule has 0 fully saturated rings. The van der Waals surface area contributed by atoms with E-state index in [0.29, 0.717) is 23.7 Å². The van der Waals surface area contributed by atoms with Crippen LogP contribution in [0.2, 0.25) is 0 Å². The van der Waals surface area contributed by atoms with Crippen molar-refractivity contribution >= 4 is 17.3 Å². The summed E-state index contributed by atoms with van der Waals surface area (Å²) >= 11 is 0. The van der Waals surface area contributed by atoms with Crippen LogP contribution in [0.25, 0.3) is 0 Å². The van der Waals surface area contributed by atoms with E-state index in [1.165, 1.54) is 18.5 Å². The van der Waals surface area contributed by atoms with Crippen molar-refractivity contribution in [2.45, 2.75) is 19.5 Å². The topological polar surface area (TPSA) is 63.8 Å². The lowest BCUT2D eigenvalue weighted by Gasteiger charge is -2.12. The number of alkyl halides is 3. The standard InChI is InChI=1S/C13H13F3N4/c1-2-10-11(17)18-7-19-12(10)20-9-5-3-8(4-6-9)13(14,15)16/h3-7H,2H2,1H3,(H3,17,18,19,20). The fourth-order valence-electron chi connectivity index (χ4n) is 1.76. The van der Waals surface area contributed by atoms with E-state index in [9.17, 15) is 13.2 Å². The quantitative estimate of drug-likeness (QED) is 0.905. The van der Waals surface area contributed by atoms with Crippen molar-refractivity contribution in [1.29, 1.82) is 0 Å². The van der Waals surface area contributed by atoms with Gasteiger partial charge in [0.25, 0.3) is 0 Å². The monoisotopic (exact) mass is 282 g/mol. The molecule has 0 aliphatic rings. The van der Waals surface area contributed by atoms with E-state index in [4.69, 9.17) is 5.73 Å². The molecule has 0 saturated heterocycles. The third kappa shape index (κ3) is 2.98. The number of rotatable bonds is 3. The van der Waals surface area contributed by atoms with Crippen LogP contribution in [0.3, 0.4) is 0 Å². The van der Waals surface area contributed by atoms with E-state index >= 15 is 0 Å². The van der Waals surface area contributed by atoms with Gasteiger partial charge in [0.1, 0.15) is 18.0 Å². The molecule has 0 atom stereocenters. The molecule has 20 heavy (non-hydrogen) atoms. The molecular weight excluding hydrogens is 269 g/mol. The summed E-state index contributed by atoms with van der Waals surface area (Å²) in [6.45, 7) is 1.90. The second-order valence-electron chi connectivity index (χ2n) is 4.14. The van der Waals surface area contributed by atoms with Gasteiger partial charge < -0.3 is 11.1 Å². The van der Waals surface area contributed by atoms with Gasteiger partial charge in [0.2, 0.25) is 0 Å². The predicted molar refractivity (Wildman–Crippen MR) is 70.5 cm³/mol. The lowest BCUT2D eigenvalue weighted by molar-refractivity contribution is -0.137. The van der Waals surface area contributed by atoms with Gasteiger partial charge in [-0.3, -0.25) is 0 Å². The number of nitrogen functional groups attached to an aromatic ring is 1. The minimum Gasteiger partial charge on any atom is -0.383 e. The molecule has 0 radical (unpaired) electrons. The highest BCUT2D eigenvalue weighted by Crippen LogP contribution is 2.30. The first-order valence-electron chi connectivity index (χ1n) is 5.95. The van der Waals surface area contributed by atoms with E-state index in [1.54, 1.807) is 0 Å². The summed E-state index contributed by atoms with van der Waals surface area (Å²) in [7, 11) is 0. The lowest BCUT2D eigenvalue weighted by Crippen LogP contribution is -2.06. The van der Waals surface area contributed by atoms with Gasteiger partial charge in [-0.2, -0.15) is 13.2 Å². The van der Waals surface area contributed by atoms with Crippen molar-refractivity contribution in [2.75, 3.05) is 11.1 Å². The summed E-state index contributed by atoms with van der Waals surface area (Å²) in [4.78, 5) is 7.93. The molecule has 0 unspecified atom stereocenters. The van der Waals surface area contributed by atoms with Crippen molar-refractivity contribution < 1.29 is 13.2 Å². The maximum absolute atomic E-state index is 12.5. The highest BCUT2D eigenvalue weighted by atomic mass is 19.4. The van der Waals surface area contributed by atoms with Crippen LogP contribution in [0.1, 0.15) is 18.1 Å². The number of halogens is 3. The zero-order valence-corrected chi connectivity index (χ0v) is 10.7. The summed E-state index contributed by atoms with van der Waals surface area (Å²) < 4.78 is 37.4. The molecule has 0 spiro atoms. The SMILES string of the molecule is CCc1c(N)ncnc1Nc1ccc(C(F)(F)F)cc1. The number of nitrogens with zero attached hydrogens (tertiary/aromatic N) is 2. The van der Waals surface area contributed by atoms with Crippen LogP contribution in [-0.4, -0.2) is 9.97 Å². The normalized spacial score (nSPS) is 11.4. The number of anilines is 3. The van der Waals surface area contributed by atoms with Crippen LogP contribution < -0.4 is 11.1 Å². The molecule has 1 aromatic carbocycles. The molecular formula is C13H13F3N4. The van der Waals surface area contributed by atoms with E-state index in [0.717, 1.165) is 17.7 Å². The molecule has 0 bridgehead atoms. The number of aromatic nitrogens is 2. The Kier molecular flexibility index (Phi) is 3.78. The molecule has 1 aromatic heterocycles. The summed E-state index contributed by atoms with van der Waals surface area (Å²) in [5, 5.41) is 2.94. The Morgan fingerprint density at radius 3 is 2.35 bits per heavy atom. The van der Waals surface area contributed by atoms with Crippen LogP contribution in [0, 0.1) is 0 Å². The van der Waals surface area contributed by atoms with Gasteiger partial charge in [-0.15, -0.1) is 0 Å². The van der Waals surface area contributed by atoms with Gasteiger partial charge in [0.15, 0.2) is 0 Å².